The third-order valence-corrected chi connectivity index (χ3v) is 4.76. The molecule has 0 radical (unpaired) electrons. The minimum Gasteiger partial charge on any atom is -0.386 e. The van der Waals surface area contributed by atoms with E-state index in [4.69, 9.17) is 0 Å². The second kappa shape index (κ2) is 16.8. The zero-order valence-electron chi connectivity index (χ0n) is 17.1. The number of aliphatic hydroxyl groups excluding tert-OH is 2. The highest BCUT2D eigenvalue weighted by Crippen LogP contribution is 2.13. The molecular formula is C20H34N2O7. The van der Waals surface area contributed by atoms with Gasteiger partial charge in [0, 0.05) is 29.1 Å². The summed E-state index contributed by atoms with van der Waals surface area (Å²) in [7, 11) is 0. The van der Waals surface area contributed by atoms with Crippen molar-refractivity contribution in [1.29, 1.82) is 0 Å². The number of allylic oxidation sites excluding steroid dienone is 1. The third kappa shape index (κ3) is 12.8. The van der Waals surface area contributed by atoms with E-state index in [2.05, 4.69) is 0 Å². The van der Waals surface area contributed by atoms with Crippen molar-refractivity contribution in [2.24, 2.45) is 0 Å². The Hall–Kier alpha value is -2.13. The molecule has 0 saturated heterocycles. The van der Waals surface area contributed by atoms with E-state index in [1.54, 1.807) is 13.0 Å². The Morgan fingerprint density at radius 3 is 1.72 bits per heavy atom. The van der Waals surface area contributed by atoms with Gasteiger partial charge in [-0.15, -0.1) is 0 Å². The van der Waals surface area contributed by atoms with Crippen LogP contribution < -0.4 is 0 Å². The molecule has 29 heavy (non-hydrogen) atoms. The van der Waals surface area contributed by atoms with E-state index in [0.717, 1.165) is 38.4 Å². The van der Waals surface area contributed by atoms with Crippen molar-refractivity contribution < 1.29 is 24.9 Å². The zero-order valence-corrected chi connectivity index (χ0v) is 17.1. The fourth-order valence-electron chi connectivity index (χ4n) is 2.86. The fourth-order valence-corrected chi connectivity index (χ4v) is 2.86. The number of nitro groups is 2. The molecule has 2 N–H and O–H groups in total. The smallest absolute Gasteiger partial charge is 0.242 e. The van der Waals surface area contributed by atoms with E-state index in [9.17, 15) is 35.2 Å². The minimum absolute atomic E-state index is 0.0186. The van der Waals surface area contributed by atoms with Crippen LogP contribution in [0.3, 0.4) is 0 Å². The van der Waals surface area contributed by atoms with Gasteiger partial charge in [-0.1, -0.05) is 44.1 Å². The molecule has 0 rings (SSSR count). The van der Waals surface area contributed by atoms with Crippen molar-refractivity contribution in [1.82, 2.24) is 0 Å². The highest BCUT2D eigenvalue weighted by atomic mass is 16.6. The number of hydrogen-bond donors (Lipinski definition) is 2. The van der Waals surface area contributed by atoms with Crippen LogP contribution in [0.1, 0.15) is 71.1 Å². The lowest BCUT2D eigenvalue weighted by molar-refractivity contribution is -0.534. The molecule has 0 aliphatic carbocycles. The number of aliphatic hydroxyl groups is 2. The van der Waals surface area contributed by atoms with Gasteiger partial charge in [0.1, 0.15) is 18.5 Å². The Bertz CT molecular complexity index is 537. The zero-order chi connectivity index (χ0) is 22.1. The number of hydrogen-bond acceptors (Lipinski definition) is 7. The highest BCUT2D eigenvalue weighted by molar-refractivity contribution is 5.48. The topological polar surface area (TPSA) is 144 Å². The quantitative estimate of drug-likeness (QED) is 0.115. The van der Waals surface area contributed by atoms with Crippen LogP contribution in [0.5, 0.6) is 0 Å². The van der Waals surface area contributed by atoms with Crippen molar-refractivity contribution in [3.63, 3.8) is 0 Å². The number of carbonyl (C=O) groups is 1. The first-order valence-electron chi connectivity index (χ1n) is 10.2. The van der Waals surface area contributed by atoms with Gasteiger partial charge in [-0.05, 0) is 32.1 Å². The molecule has 0 heterocycles. The van der Waals surface area contributed by atoms with Gasteiger partial charge in [-0.25, -0.2) is 0 Å². The van der Waals surface area contributed by atoms with E-state index in [0.29, 0.717) is 6.42 Å². The van der Waals surface area contributed by atoms with E-state index < -0.39 is 34.1 Å². The maximum Gasteiger partial charge on any atom is 0.242 e. The summed E-state index contributed by atoms with van der Waals surface area (Å²) in [6.07, 6.45) is 10.9. The molecule has 4 unspecified atom stereocenters. The molecule has 0 aliphatic rings. The Kier molecular flexibility index (Phi) is 15.6. The average molecular weight is 414 g/mol. The van der Waals surface area contributed by atoms with Crippen LogP contribution in [0.25, 0.3) is 0 Å². The van der Waals surface area contributed by atoms with Crippen LogP contribution in [-0.2, 0) is 4.79 Å². The molecule has 0 aromatic heterocycles. The maximum absolute atomic E-state index is 11.2. The number of nitrogens with zero attached hydrogens (tertiary/aromatic N) is 2. The van der Waals surface area contributed by atoms with E-state index in [1.165, 1.54) is 12.2 Å². The highest BCUT2D eigenvalue weighted by Gasteiger charge is 2.29. The van der Waals surface area contributed by atoms with Crippen LogP contribution in [0.4, 0.5) is 0 Å². The van der Waals surface area contributed by atoms with Gasteiger partial charge in [0.15, 0.2) is 0 Å². The lowest BCUT2D eigenvalue weighted by Gasteiger charge is -2.14. The van der Waals surface area contributed by atoms with Crippen LogP contribution in [0.2, 0.25) is 0 Å². The number of unbranched alkanes of at least 4 members (excludes halogenated alkanes) is 5. The summed E-state index contributed by atoms with van der Waals surface area (Å²) in [5.74, 6) is 0. The molecule has 0 bridgehead atoms. The van der Waals surface area contributed by atoms with Crippen LogP contribution in [0.15, 0.2) is 24.3 Å². The summed E-state index contributed by atoms with van der Waals surface area (Å²) in [5, 5.41) is 41.9. The normalized spacial score (nSPS) is 16.0. The van der Waals surface area contributed by atoms with Gasteiger partial charge in [0.2, 0.25) is 12.1 Å². The molecule has 4 atom stereocenters. The van der Waals surface area contributed by atoms with Crippen molar-refractivity contribution in [3.8, 4) is 0 Å². The van der Waals surface area contributed by atoms with Gasteiger partial charge >= 0.3 is 0 Å². The summed E-state index contributed by atoms with van der Waals surface area (Å²) in [6, 6.07) is -2.33. The van der Waals surface area contributed by atoms with Crippen LogP contribution in [-0.4, -0.2) is 50.6 Å². The molecule has 0 saturated carbocycles. The Balaban J connectivity index is 4.34. The molecule has 0 aromatic carbocycles. The van der Waals surface area contributed by atoms with Gasteiger partial charge in [0.25, 0.3) is 0 Å². The van der Waals surface area contributed by atoms with E-state index in [-0.39, 0.29) is 25.7 Å². The van der Waals surface area contributed by atoms with Gasteiger partial charge in [-0.3, -0.25) is 20.2 Å². The van der Waals surface area contributed by atoms with Crippen molar-refractivity contribution in [3.05, 3.63) is 44.5 Å². The summed E-state index contributed by atoms with van der Waals surface area (Å²) in [5.41, 5.74) is 0. The van der Waals surface area contributed by atoms with Crippen LogP contribution >= 0.6 is 0 Å². The molecule has 9 heteroatoms. The standard InChI is InChI=1S/C20H34N2O7/c1-2-19(24)17(21(26)27)13-10-11-14-18(22(28)29)20(25)15-9-7-5-3-4-6-8-12-16-23/h7,9-11,16-20,24-25H,2-6,8,12-15H2,1H3/b9-7-,11-10-. The molecule has 0 aromatic rings. The van der Waals surface area contributed by atoms with Gasteiger partial charge in [-0.2, -0.15) is 0 Å². The predicted octanol–water partition coefficient (Wildman–Crippen LogP) is 3.23. The number of carbonyl (C=O) groups excluding carboxylic acids is 1. The lowest BCUT2D eigenvalue weighted by Crippen LogP contribution is -2.33. The van der Waals surface area contributed by atoms with Crippen molar-refractivity contribution in [2.45, 2.75) is 95.4 Å². The largest absolute Gasteiger partial charge is 0.386 e. The average Bonchev–Trinajstić information content (AvgIpc) is 2.68. The summed E-state index contributed by atoms with van der Waals surface area (Å²) < 4.78 is 0. The first-order chi connectivity index (χ1) is 13.8. The second-order valence-corrected chi connectivity index (χ2v) is 7.06. The Labute approximate surface area is 171 Å². The molecule has 166 valence electrons. The minimum atomic E-state index is -1.19. The van der Waals surface area contributed by atoms with E-state index in [1.807, 2.05) is 6.08 Å². The number of rotatable bonds is 18. The summed E-state index contributed by atoms with van der Waals surface area (Å²) in [6.45, 7) is 1.64. The predicted molar refractivity (Wildman–Crippen MR) is 110 cm³/mol. The van der Waals surface area contributed by atoms with Crippen LogP contribution in [0, 0.1) is 20.2 Å². The third-order valence-electron chi connectivity index (χ3n) is 4.76. The fraction of sp³-hybridized carbons (Fsp3) is 0.750. The summed E-state index contributed by atoms with van der Waals surface area (Å²) >= 11 is 0. The Morgan fingerprint density at radius 2 is 1.24 bits per heavy atom. The molecule has 0 spiro atoms. The molecule has 0 aliphatic heterocycles. The number of aldehydes is 1. The first-order valence-corrected chi connectivity index (χ1v) is 10.2. The first kappa shape index (κ1) is 26.9. The van der Waals surface area contributed by atoms with Gasteiger partial charge in [0.05, 0.1) is 0 Å². The lowest BCUT2D eigenvalue weighted by atomic mass is 10.0. The molecule has 0 fully saturated rings. The monoisotopic (exact) mass is 414 g/mol. The van der Waals surface area contributed by atoms with E-state index >= 15 is 0 Å². The molecule has 0 amide bonds. The second-order valence-electron chi connectivity index (χ2n) is 7.06. The molecule has 9 nitrogen and oxygen atoms in total. The van der Waals surface area contributed by atoms with Crippen molar-refractivity contribution in [2.75, 3.05) is 0 Å². The molecular weight excluding hydrogens is 380 g/mol. The Morgan fingerprint density at radius 1 is 0.759 bits per heavy atom. The van der Waals surface area contributed by atoms with Crippen molar-refractivity contribution >= 4 is 6.29 Å². The maximum atomic E-state index is 11.2. The SMILES string of the molecule is CCC(O)C(C/C=C\CC(C(O)C/C=C\CCCCCCC=O)[N+](=O)[O-])[N+](=O)[O-]. The van der Waals surface area contributed by atoms with Gasteiger partial charge < -0.3 is 15.0 Å². The summed E-state index contributed by atoms with van der Waals surface area (Å²) in [4.78, 5) is 31.3.